The lowest BCUT2D eigenvalue weighted by atomic mass is 10.1. The van der Waals surface area contributed by atoms with E-state index >= 15 is 0 Å². The highest BCUT2D eigenvalue weighted by molar-refractivity contribution is 5.78. The molecule has 130 valence electrons. The average Bonchev–Trinajstić information content (AvgIpc) is 2.99. The van der Waals surface area contributed by atoms with Gasteiger partial charge in [0.2, 0.25) is 5.91 Å². The topological polar surface area (TPSA) is 58.4 Å². The molecule has 0 aliphatic rings. The number of hydrogen-bond acceptors (Lipinski definition) is 4. The van der Waals surface area contributed by atoms with Crippen LogP contribution in [0, 0.1) is 11.6 Å². The minimum atomic E-state index is -0.735. The van der Waals surface area contributed by atoms with Crippen LogP contribution in [0.1, 0.15) is 19.5 Å². The average molecular weight is 337 g/mol. The molecule has 7 heteroatoms. The summed E-state index contributed by atoms with van der Waals surface area (Å²) in [5, 5.41) is 6.58. The third-order valence-corrected chi connectivity index (χ3v) is 3.74. The van der Waals surface area contributed by atoms with Gasteiger partial charge in [-0.05, 0) is 25.2 Å². The zero-order valence-corrected chi connectivity index (χ0v) is 13.8. The highest BCUT2D eigenvalue weighted by atomic mass is 19.1. The van der Waals surface area contributed by atoms with Crippen molar-refractivity contribution in [2.24, 2.45) is 0 Å². The fraction of sp³-hybridized carbons (Fsp3) is 0.412. The number of hydrogen-bond donors (Lipinski definition) is 1. The SMILES string of the molecule is CCN(CC)CCNC(=O)Cc1cc(-c2ccc(F)cc2F)on1. The highest BCUT2D eigenvalue weighted by Crippen LogP contribution is 2.24. The van der Waals surface area contributed by atoms with Crippen molar-refractivity contribution < 1.29 is 18.1 Å². The lowest BCUT2D eigenvalue weighted by Crippen LogP contribution is -2.35. The van der Waals surface area contributed by atoms with Crippen LogP contribution in [-0.2, 0) is 11.2 Å². The molecule has 1 aromatic carbocycles. The predicted octanol–water partition coefficient (Wildman–Crippen LogP) is 2.62. The number of rotatable bonds is 8. The molecular formula is C17H21F2N3O2. The van der Waals surface area contributed by atoms with Crippen molar-refractivity contribution in [3.05, 3.63) is 41.6 Å². The van der Waals surface area contributed by atoms with Crippen LogP contribution in [-0.4, -0.2) is 42.1 Å². The van der Waals surface area contributed by atoms with Gasteiger partial charge in [0.1, 0.15) is 11.6 Å². The monoisotopic (exact) mass is 337 g/mol. The van der Waals surface area contributed by atoms with Gasteiger partial charge in [0, 0.05) is 25.2 Å². The maximum absolute atomic E-state index is 13.7. The van der Waals surface area contributed by atoms with Crippen molar-refractivity contribution in [3.8, 4) is 11.3 Å². The maximum Gasteiger partial charge on any atom is 0.226 e. The van der Waals surface area contributed by atoms with E-state index < -0.39 is 11.6 Å². The number of carbonyl (C=O) groups excluding carboxylic acids is 1. The Morgan fingerprint density at radius 3 is 2.67 bits per heavy atom. The Bertz CT molecular complexity index is 684. The summed E-state index contributed by atoms with van der Waals surface area (Å²) in [6.45, 7) is 7.33. The van der Waals surface area contributed by atoms with Gasteiger partial charge in [-0.3, -0.25) is 4.79 Å². The van der Waals surface area contributed by atoms with E-state index in [1.165, 1.54) is 12.1 Å². The number of nitrogens with one attached hydrogen (secondary N) is 1. The quantitative estimate of drug-likeness (QED) is 0.804. The Morgan fingerprint density at radius 2 is 2.00 bits per heavy atom. The summed E-state index contributed by atoms with van der Waals surface area (Å²) in [6.07, 6.45) is 0.0462. The van der Waals surface area contributed by atoms with Gasteiger partial charge in [-0.25, -0.2) is 8.78 Å². The van der Waals surface area contributed by atoms with Crippen molar-refractivity contribution in [1.29, 1.82) is 0 Å². The summed E-state index contributed by atoms with van der Waals surface area (Å²) in [6, 6.07) is 4.68. The Balaban J connectivity index is 1.90. The molecule has 0 saturated heterocycles. The summed E-state index contributed by atoms with van der Waals surface area (Å²) in [4.78, 5) is 14.1. The zero-order chi connectivity index (χ0) is 17.5. The first-order valence-corrected chi connectivity index (χ1v) is 7.93. The standard InChI is InChI=1S/C17H21F2N3O2/c1-3-22(4-2)8-7-20-17(23)11-13-10-16(24-21-13)14-6-5-12(18)9-15(14)19/h5-6,9-10H,3-4,7-8,11H2,1-2H3,(H,20,23). The molecule has 0 aliphatic carbocycles. The van der Waals surface area contributed by atoms with E-state index in [9.17, 15) is 13.6 Å². The Morgan fingerprint density at radius 1 is 1.25 bits per heavy atom. The number of nitrogens with zero attached hydrogens (tertiary/aromatic N) is 2. The third-order valence-electron chi connectivity index (χ3n) is 3.74. The Hall–Kier alpha value is -2.28. The lowest BCUT2D eigenvalue weighted by Gasteiger charge is -2.17. The van der Waals surface area contributed by atoms with Crippen LogP contribution in [0.3, 0.4) is 0 Å². The second kappa shape index (κ2) is 8.54. The van der Waals surface area contributed by atoms with Gasteiger partial charge >= 0.3 is 0 Å². The predicted molar refractivity (Wildman–Crippen MR) is 86.4 cm³/mol. The zero-order valence-electron chi connectivity index (χ0n) is 13.8. The molecule has 1 aromatic heterocycles. The largest absolute Gasteiger partial charge is 0.356 e. The number of likely N-dealkylation sites (N-methyl/N-ethyl adjacent to an activating group) is 1. The Kier molecular flexibility index (Phi) is 6.43. The molecule has 0 spiro atoms. The molecule has 2 rings (SSSR count). The van der Waals surface area contributed by atoms with Gasteiger partial charge in [0.25, 0.3) is 0 Å². The number of aromatic nitrogens is 1. The second-order valence-electron chi connectivity index (χ2n) is 5.36. The molecule has 24 heavy (non-hydrogen) atoms. The molecule has 1 N–H and O–H groups in total. The molecule has 0 atom stereocenters. The van der Waals surface area contributed by atoms with Gasteiger partial charge in [-0.2, -0.15) is 0 Å². The lowest BCUT2D eigenvalue weighted by molar-refractivity contribution is -0.120. The maximum atomic E-state index is 13.7. The highest BCUT2D eigenvalue weighted by Gasteiger charge is 2.14. The van der Waals surface area contributed by atoms with Gasteiger partial charge in [-0.1, -0.05) is 19.0 Å². The molecule has 2 aromatic rings. The van der Waals surface area contributed by atoms with E-state index in [0.29, 0.717) is 12.2 Å². The van der Waals surface area contributed by atoms with Crippen molar-refractivity contribution in [1.82, 2.24) is 15.4 Å². The fourth-order valence-corrected chi connectivity index (χ4v) is 2.33. The third kappa shape index (κ3) is 4.86. The Labute approximate surface area is 139 Å². The summed E-state index contributed by atoms with van der Waals surface area (Å²) in [5.41, 5.74) is 0.506. The van der Waals surface area contributed by atoms with E-state index in [4.69, 9.17) is 4.52 Å². The van der Waals surface area contributed by atoms with E-state index in [1.807, 2.05) is 0 Å². The van der Waals surface area contributed by atoms with Crippen molar-refractivity contribution in [3.63, 3.8) is 0 Å². The van der Waals surface area contributed by atoms with Crippen LogP contribution in [0.4, 0.5) is 8.78 Å². The van der Waals surface area contributed by atoms with Crippen molar-refractivity contribution in [2.75, 3.05) is 26.2 Å². The van der Waals surface area contributed by atoms with Crippen LogP contribution in [0.2, 0.25) is 0 Å². The summed E-state index contributed by atoms with van der Waals surface area (Å²) in [5.74, 6) is -1.41. The molecule has 5 nitrogen and oxygen atoms in total. The van der Waals surface area contributed by atoms with Gasteiger partial charge in [0.15, 0.2) is 5.76 Å². The van der Waals surface area contributed by atoms with Crippen LogP contribution in [0.15, 0.2) is 28.8 Å². The first-order chi connectivity index (χ1) is 11.5. The molecule has 0 bridgehead atoms. The van der Waals surface area contributed by atoms with E-state index in [0.717, 1.165) is 31.8 Å². The smallest absolute Gasteiger partial charge is 0.226 e. The van der Waals surface area contributed by atoms with Crippen LogP contribution in [0.5, 0.6) is 0 Å². The number of halogens is 2. The van der Waals surface area contributed by atoms with Crippen LogP contribution in [0.25, 0.3) is 11.3 Å². The summed E-state index contributed by atoms with van der Waals surface area (Å²) >= 11 is 0. The normalized spacial score (nSPS) is 11.0. The molecule has 0 radical (unpaired) electrons. The number of carbonyl (C=O) groups is 1. The molecule has 0 unspecified atom stereocenters. The van der Waals surface area contributed by atoms with Crippen LogP contribution >= 0.6 is 0 Å². The van der Waals surface area contributed by atoms with Gasteiger partial charge < -0.3 is 14.7 Å². The molecule has 0 aliphatic heterocycles. The summed E-state index contributed by atoms with van der Waals surface area (Å²) < 4.78 is 31.7. The van der Waals surface area contributed by atoms with Crippen molar-refractivity contribution in [2.45, 2.75) is 20.3 Å². The fourth-order valence-electron chi connectivity index (χ4n) is 2.33. The van der Waals surface area contributed by atoms with Gasteiger partial charge in [-0.15, -0.1) is 0 Å². The number of amides is 1. The van der Waals surface area contributed by atoms with E-state index in [1.54, 1.807) is 0 Å². The van der Waals surface area contributed by atoms with Crippen LogP contribution < -0.4 is 5.32 Å². The molecule has 0 saturated carbocycles. The molecule has 1 amide bonds. The van der Waals surface area contributed by atoms with E-state index in [2.05, 4.69) is 29.2 Å². The minimum Gasteiger partial charge on any atom is -0.356 e. The molecule has 1 heterocycles. The number of benzene rings is 1. The molecular weight excluding hydrogens is 316 g/mol. The van der Waals surface area contributed by atoms with E-state index in [-0.39, 0.29) is 23.7 Å². The molecule has 0 fully saturated rings. The van der Waals surface area contributed by atoms with Crippen molar-refractivity contribution >= 4 is 5.91 Å². The minimum absolute atomic E-state index is 0.0462. The first-order valence-electron chi connectivity index (χ1n) is 7.93. The van der Waals surface area contributed by atoms with Gasteiger partial charge in [0.05, 0.1) is 17.7 Å². The first kappa shape index (κ1) is 18.1. The second-order valence-corrected chi connectivity index (χ2v) is 5.36. The summed E-state index contributed by atoms with van der Waals surface area (Å²) in [7, 11) is 0.